The molecule has 6 amide bonds. The number of amides is 6. The molecule has 0 aliphatic carbocycles. The van der Waals surface area contributed by atoms with Crippen LogP contribution in [0.1, 0.15) is 65.7 Å². The predicted octanol–water partition coefficient (Wildman–Crippen LogP) is -2.13. The summed E-state index contributed by atoms with van der Waals surface area (Å²) in [5.41, 5.74) is 13.7. The predicted molar refractivity (Wildman–Crippen MR) is 159 cm³/mol. The Bertz CT molecular complexity index is 1220. The van der Waals surface area contributed by atoms with E-state index in [1.165, 1.54) is 13.8 Å². The number of nitrogens with zero attached hydrogens (tertiary/aromatic N) is 3. The second-order valence-corrected chi connectivity index (χ2v) is 10.6. The number of primary amides is 1. The molecule has 0 aliphatic rings. The minimum atomic E-state index is -1.75. The second kappa shape index (κ2) is 21.3. The van der Waals surface area contributed by atoms with Gasteiger partial charge < -0.3 is 47.6 Å². The highest BCUT2D eigenvalue weighted by Gasteiger charge is 2.34. The first-order chi connectivity index (χ1) is 21.9. The first kappa shape index (κ1) is 41.5. The number of unbranched alkanes of at least 4 members (excludes halogenated alkanes) is 1. The first-order valence-corrected chi connectivity index (χ1v) is 14.3. The number of azide groups is 1. The number of carboxylic acids is 3. The largest absolute Gasteiger partial charge is 0.481 e. The number of aliphatic carboxylic acids is 3. The van der Waals surface area contributed by atoms with Crippen LogP contribution < -0.4 is 32.3 Å². The van der Waals surface area contributed by atoms with Crippen LogP contribution in [-0.2, 0) is 43.2 Å². The molecule has 21 nitrogen and oxygen atoms in total. The topological polar surface area (TPSA) is 349 Å². The fraction of sp³-hybridized carbons (Fsp3) is 0.654. The Balaban J connectivity index is 5.96. The van der Waals surface area contributed by atoms with E-state index < -0.39 is 115 Å². The molecule has 5 atom stereocenters. The van der Waals surface area contributed by atoms with E-state index in [9.17, 15) is 48.3 Å². The molecule has 0 aromatic carbocycles. The summed E-state index contributed by atoms with van der Waals surface area (Å²) in [5, 5.41) is 42.0. The molecule has 0 spiro atoms. The third-order valence-electron chi connectivity index (χ3n) is 6.34. The van der Waals surface area contributed by atoms with Gasteiger partial charge in [-0.1, -0.05) is 25.4 Å². The lowest BCUT2D eigenvalue weighted by Gasteiger charge is -2.28. The van der Waals surface area contributed by atoms with Crippen LogP contribution in [0.3, 0.4) is 0 Å². The second-order valence-electron chi connectivity index (χ2n) is 10.6. The van der Waals surface area contributed by atoms with Crippen molar-refractivity contribution in [2.45, 2.75) is 95.9 Å². The SMILES string of the molecule is CC(=O)N[C@@H](CC(=O)O)C(=O)N[C@@H](CCC(=O)O)C(=O)N[C@H](C(=O)N[C@@H](CC(=O)O)C(=O)N[C@@H](CCCCN=[N+]=[N-])C(N)=O)C(C)C. The van der Waals surface area contributed by atoms with Crippen molar-refractivity contribution in [3.05, 3.63) is 10.4 Å². The fourth-order valence-electron chi connectivity index (χ4n) is 4.01. The van der Waals surface area contributed by atoms with Gasteiger partial charge in [-0.3, -0.25) is 43.2 Å². The minimum absolute atomic E-state index is 0.0130. The molecule has 0 aromatic rings. The van der Waals surface area contributed by atoms with Crippen LogP contribution in [0.2, 0.25) is 0 Å². The molecule has 0 aliphatic heterocycles. The number of nitrogens with two attached hydrogens (primary N) is 1. The standard InChI is InChI=1S/C26H41N9O12/c1-12(2)21(34-23(44)15(7-8-18(37)38)32-24(45)16(10-19(39)40)30-13(3)36)26(47)33-17(11-20(41)42)25(46)31-14(22(27)43)6-4-5-9-29-35-28/h12,14-17,21H,4-11H2,1-3H3,(H2,27,43)(H,30,36)(H,31,46)(H,32,45)(H,33,47)(H,34,44)(H,37,38)(H,39,40)(H,41,42)/t14-,15-,16-,17-,21-/m0/s1. The van der Waals surface area contributed by atoms with Crippen LogP contribution in [0, 0.1) is 5.92 Å². The minimum Gasteiger partial charge on any atom is -0.481 e. The van der Waals surface area contributed by atoms with Gasteiger partial charge in [0.05, 0.1) is 12.8 Å². The zero-order valence-corrected chi connectivity index (χ0v) is 26.1. The summed E-state index contributed by atoms with van der Waals surface area (Å²) in [6.45, 7) is 4.08. The van der Waals surface area contributed by atoms with E-state index in [0.717, 1.165) is 6.92 Å². The molecule has 0 rings (SSSR count). The lowest BCUT2D eigenvalue weighted by atomic mass is 10.0. The van der Waals surface area contributed by atoms with E-state index >= 15 is 0 Å². The summed E-state index contributed by atoms with van der Waals surface area (Å²) in [6.07, 6.45) is -2.30. The normalized spacial score (nSPS) is 13.7. The maximum absolute atomic E-state index is 13.2. The highest BCUT2D eigenvalue weighted by Crippen LogP contribution is 2.08. The van der Waals surface area contributed by atoms with Crippen LogP contribution in [0.5, 0.6) is 0 Å². The number of hydrogen-bond donors (Lipinski definition) is 9. The van der Waals surface area contributed by atoms with Gasteiger partial charge in [0.15, 0.2) is 0 Å². The highest BCUT2D eigenvalue weighted by molar-refractivity contribution is 5.97. The van der Waals surface area contributed by atoms with Crippen molar-refractivity contribution >= 4 is 53.4 Å². The molecule has 0 saturated carbocycles. The number of carboxylic acid groups (broad SMARTS) is 3. The van der Waals surface area contributed by atoms with Gasteiger partial charge in [-0.2, -0.15) is 0 Å². The number of rotatable bonds is 23. The van der Waals surface area contributed by atoms with Gasteiger partial charge >= 0.3 is 17.9 Å². The Morgan fingerprint density at radius 2 is 1.17 bits per heavy atom. The van der Waals surface area contributed by atoms with Gasteiger partial charge in [0.25, 0.3) is 0 Å². The smallest absolute Gasteiger partial charge is 0.305 e. The van der Waals surface area contributed by atoms with Gasteiger partial charge in [0.2, 0.25) is 35.4 Å². The third-order valence-corrected chi connectivity index (χ3v) is 6.34. The van der Waals surface area contributed by atoms with Gasteiger partial charge in [-0.15, -0.1) is 0 Å². The van der Waals surface area contributed by atoms with Crippen molar-refractivity contribution in [3.63, 3.8) is 0 Å². The van der Waals surface area contributed by atoms with Gasteiger partial charge in [0, 0.05) is 24.8 Å². The van der Waals surface area contributed by atoms with Gasteiger partial charge in [-0.05, 0) is 30.7 Å². The van der Waals surface area contributed by atoms with E-state index in [-0.39, 0.29) is 13.0 Å². The summed E-state index contributed by atoms with van der Waals surface area (Å²) < 4.78 is 0. The van der Waals surface area contributed by atoms with E-state index in [2.05, 4.69) is 36.6 Å². The van der Waals surface area contributed by atoms with Crippen LogP contribution in [0.25, 0.3) is 10.4 Å². The van der Waals surface area contributed by atoms with E-state index in [1.807, 2.05) is 0 Å². The lowest BCUT2D eigenvalue weighted by Crippen LogP contribution is -2.60. The average molecular weight is 672 g/mol. The zero-order chi connectivity index (χ0) is 36.3. The van der Waals surface area contributed by atoms with Gasteiger partial charge in [0.1, 0.15) is 30.2 Å². The molecular formula is C26H41N9O12. The molecule has 0 fully saturated rings. The molecule has 0 aromatic heterocycles. The monoisotopic (exact) mass is 671 g/mol. The summed E-state index contributed by atoms with van der Waals surface area (Å²) >= 11 is 0. The maximum Gasteiger partial charge on any atom is 0.305 e. The van der Waals surface area contributed by atoms with E-state index in [0.29, 0.717) is 12.8 Å². The Morgan fingerprint density at radius 3 is 1.62 bits per heavy atom. The molecule has 10 N–H and O–H groups in total. The van der Waals surface area contributed by atoms with Crippen molar-refractivity contribution in [1.29, 1.82) is 0 Å². The number of hydrogen-bond acceptors (Lipinski definition) is 10. The van der Waals surface area contributed by atoms with Crippen LogP contribution >= 0.6 is 0 Å². The number of carbonyl (C=O) groups is 9. The van der Waals surface area contributed by atoms with Crippen molar-refractivity contribution in [1.82, 2.24) is 26.6 Å². The molecule has 21 heteroatoms. The summed E-state index contributed by atoms with van der Waals surface area (Å²) in [6, 6.07) is -7.75. The third kappa shape index (κ3) is 17.6. The highest BCUT2D eigenvalue weighted by atomic mass is 16.4. The summed E-state index contributed by atoms with van der Waals surface area (Å²) in [4.78, 5) is 112. The molecule has 0 bridgehead atoms. The average Bonchev–Trinajstić information content (AvgIpc) is 2.94. The molecule has 0 saturated heterocycles. The molecule has 0 heterocycles. The Hall–Kier alpha value is -5.46. The van der Waals surface area contributed by atoms with E-state index in [4.69, 9.17) is 21.5 Å². The molecule has 0 radical (unpaired) electrons. The summed E-state index contributed by atoms with van der Waals surface area (Å²) in [5.74, 6) is -11.1. The maximum atomic E-state index is 13.2. The quantitative estimate of drug-likeness (QED) is 0.0243. The Kier molecular flexibility index (Phi) is 18.8. The van der Waals surface area contributed by atoms with Crippen LogP contribution in [0.15, 0.2) is 5.11 Å². The zero-order valence-electron chi connectivity index (χ0n) is 26.1. The van der Waals surface area contributed by atoms with Crippen molar-refractivity contribution in [3.8, 4) is 0 Å². The Labute approximate surface area is 268 Å². The van der Waals surface area contributed by atoms with E-state index in [1.54, 1.807) is 0 Å². The van der Waals surface area contributed by atoms with Crippen molar-refractivity contribution in [2.75, 3.05) is 6.54 Å². The number of carbonyl (C=O) groups excluding carboxylic acids is 6. The fourth-order valence-corrected chi connectivity index (χ4v) is 4.01. The number of nitrogens with one attached hydrogen (secondary N) is 5. The van der Waals surface area contributed by atoms with Gasteiger partial charge in [-0.25, -0.2) is 0 Å². The molecular weight excluding hydrogens is 630 g/mol. The van der Waals surface area contributed by atoms with Crippen LogP contribution in [-0.4, -0.2) is 105 Å². The molecule has 0 unspecified atom stereocenters. The summed E-state index contributed by atoms with van der Waals surface area (Å²) in [7, 11) is 0. The molecule has 47 heavy (non-hydrogen) atoms. The van der Waals surface area contributed by atoms with Crippen molar-refractivity contribution < 1.29 is 58.5 Å². The Morgan fingerprint density at radius 1 is 0.681 bits per heavy atom. The first-order valence-electron chi connectivity index (χ1n) is 14.3. The lowest BCUT2D eigenvalue weighted by molar-refractivity contribution is -0.142. The van der Waals surface area contributed by atoms with Crippen molar-refractivity contribution in [2.24, 2.45) is 16.8 Å². The molecule has 262 valence electrons. The van der Waals surface area contributed by atoms with Crippen LogP contribution in [0.4, 0.5) is 0 Å².